The van der Waals surface area contributed by atoms with Crippen LogP contribution in [0, 0.1) is 0 Å². The highest BCUT2D eigenvalue weighted by Gasteiger charge is 2.24. The number of hydrogen-bond acceptors (Lipinski definition) is 4. The number of rotatable bonds is 7. The van der Waals surface area contributed by atoms with Crippen LogP contribution in [0.3, 0.4) is 0 Å². The van der Waals surface area contributed by atoms with E-state index in [2.05, 4.69) is 322 Å². The molecule has 0 aliphatic heterocycles. The number of aromatic nitrogens is 4. The zero-order chi connectivity index (χ0) is 66.7. The topological polar surface area (TPSA) is 72.3 Å². The summed E-state index contributed by atoms with van der Waals surface area (Å²) in [7, 11) is 0. The lowest BCUT2D eigenvalue weighted by molar-refractivity contribution is 0.645. The maximum absolute atomic E-state index is 6.52. The first kappa shape index (κ1) is 56.2. The van der Waals surface area contributed by atoms with Gasteiger partial charge in [0.15, 0.2) is 0 Å². The third-order valence-electron chi connectivity index (χ3n) is 21.1. The lowest BCUT2D eigenvalue weighted by Crippen LogP contribution is -1.93. The highest BCUT2D eigenvalue weighted by Crippen LogP contribution is 2.46. The zero-order valence-electron chi connectivity index (χ0n) is 54.8. The first-order chi connectivity index (χ1) is 50.6. The van der Waals surface area contributed by atoms with Crippen molar-refractivity contribution in [3.63, 3.8) is 0 Å². The summed E-state index contributed by atoms with van der Waals surface area (Å²) < 4.78 is 35.0. The summed E-state index contributed by atoms with van der Waals surface area (Å²) in [5, 5.41) is 16.3. The van der Waals surface area contributed by atoms with E-state index < -0.39 is 0 Å². The van der Waals surface area contributed by atoms with Crippen LogP contribution in [0.4, 0.5) is 0 Å². The lowest BCUT2D eigenvalue weighted by Gasteiger charge is -2.09. The zero-order valence-corrected chi connectivity index (χ0v) is 54.8. The van der Waals surface area contributed by atoms with Gasteiger partial charge >= 0.3 is 0 Å². The van der Waals surface area contributed by atoms with Gasteiger partial charge in [-0.2, -0.15) is 0 Å². The van der Waals surface area contributed by atoms with Crippen molar-refractivity contribution in [1.29, 1.82) is 0 Å². The van der Waals surface area contributed by atoms with Gasteiger partial charge in [-0.3, -0.25) is 9.13 Å². The van der Waals surface area contributed by atoms with Crippen LogP contribution >= 0.6 is 0 Å². The molecule has 0 aliphatic carbocycles. The van der Waals surface area contributed by atoms with E-state index >= 15 is 0 Å². The van der Waals surface area contributed by atoms with Gasteiger partial charge in [0, 0.05) is 87.4 Å². The molecule has 8 nitrogen and oxygen atoms in total. The smallest absolute Gasteiger partial charge is 0.213 e. The Balaban J connectivity index is 0.000000130. The molecule has 476 valence electrons. The fraction of sp³-hybridized carbons (Fsp3) is 0. The van der Waals surface area contributed by atoms with Gasteiger partial charge in [0.2, 0.25) is 11.4 Å². The van der Waals surface area contributed by atoms with E-state index in [9.17, 15) is 0 Å². The molecule has 102 heavy (non-hydrogen) atoms. The quantitative estimate of drug-likeness (QED) is 0.159. The molecule has 0 unspecified atom stereocenters. The van der Waals surface area contributed by atoms with E-state index in [0.29, 0.717) is 0 Å². The van der Waals surface area contributed by atoms with Crippen molar-refractivity contribution in [3.05, 3.63) is 340 Å². The van der Waals surface area contributed by atoms with Crippen molar-refractivity contribution in [3.8, 4) is 56.1 Å². The molecule has 8 heterocycles. The molecule has 0 fully saturated rings. The number of furan rings is 4. The maximum atomic E-state index is 6.52. The van der Waals surface area contributed by atoms with Gasteiger partial charge in [0.05, 0.1) is 43.9 Å². The second kappa shape index (κ2) is 21.8. The summed E-state index contributed by atoms with van der Waals surface area (Å²) in [6, 6.07) is 121. The first-order valence-electron chi connectivity index (χ1n) is 34.6. The van der Waals surface area contributed by atoms with Gasteiger partial charge < -0.3 is 26.8 Å². The molecule has 0 N–H and O–H groups in total. The summed E-state index contributed by atoms with van der Waals surface area (Å²) >= 11 is 0. The molecule has 0 atom stereocenters. The number of fused-ring (bicyclic) bond motifs is 22. The third-order valence-corrected chi connectivity index (χ3v) is 21.1. The largest absolute Gasteiger partial charge is 0.456 e. The second-order valence-electron chi connectivity index (χ2n) is 26.7. The van der Waals surface area contributed by atoms with Crippen LogP contribution in [-0.4, -0.2) is 18.3 Å². The summed E-state index contributed by atoms with van der Waals surface area (Å²) in [6.07, 6.45) is 0. The predicted octanol–water partition coefficient (Wildman–Crippen LogP) is 26.1. The SMILES string of the molecule is c1ccc(-n2c3ccc(-c4ccc5oc6ccc(-c7ccc(-n8c9ccccc9c9ccccc98)cc7)cc6c5c4)cc3c3c4ccccc4oc32)cc1.c1ccc(-n2c3ccc(-c4ccc5oc6ccc(-n7c8ccccc8c8ccccc87)cc6c5c4)cc3c3c4ccccc4oc32)cc1. The van der Waals surface area contributed by atoms with Crippen LogP contribution < -0.4 is 0 Å². The van der Waals surface area contributed by atoms with Crippen LogP contribution in [0.5, 0.6) is 0 Å². The van der Waals surface area contributed by atoms with E-state index in [1.807, 2.05) is 36.4 Å². The van der Waals surface area contributed by atoms with Crippen LogP contribution in [0.25, 0.3) is 210 Å². The van der Waals surface area contributed by atoms with E-state index in [1.54, 1.807) is 0 Å². The Morgan fingerprint density at radius 3 is 0.853 bits per heavy atom. The monoisotopic (exact) mass is 1300 g/mol. The average Bonchev–Trinajstić information content (AvgIpc) is 1.58. The van der Waals surface area contributed by atoms with Gasteiger partial charge in [-0.15, -0.1) is 0 Å². The minimum absolute atomic E-state index is 0.862. The molecular weight excluding hydrogens is 1250 g/mol. The normalized spacial score (nSPS) is 12.1. The molecular formula is C94H56N4O4. The molecule has 8 aromatic heterocycles. The number of benzene rings is 15. The molecule has 0 bridgehead atoms. The fourth-order valence-corrected chi connectivity index (χ4v) is 16.4. The first-order valence-corrected chi connectivity index (χ1v) is 34.6. The van der Waals surface area contributed by atoms with Crippen molar-refractivity contribution < 1.29 is 17.7 Å². The molecule has 15 aromatic carbocycles. The van der Waals surface area contributed by atoms with E-state index in [0.717, 1.165) is 155 Å². The van der Waals surface area contributed by atoms with Crippen molar-refractivity contribution >= 4 is 153 Å². The van der Waals surface area contributed by atoms with Crippen LogP contribution in [0.1, 0.15) is 0 Å². The Hall–Kier alpha value is -13.8. The Morgan fingerprint density at radius 2 is 0.431 bits per heavy atom. The number of nitrogens with zero attached hydrogens (tertiary/aromatic N) is 4. The molecule has 8 heteroatoms. The lowest BCUT2D eigenvalue weighted by atomic mass is 9.99. The Bertz CT molecular complexity index is 7270. The molecule has 0 saturated carbocycles. The van der Waals surface area contributed by atoms with Crippen molar-refractivity contribution in [1.82, 2.24) is 18.3 Å². The molecule has 0 saturated heterocycles. The molecule has 23 rings (SSSR count). The van der Waals surface area contributed by atoms with E-state index in [4.69, 9.17) is 17.7 Å². The van der Waals surface area contributed by atoms with Crippen molar-refractivity contribution in [2.45, 2.75) is 0 Å². The minimum atomic E-state index is 0.862. The number of para-hydroxylation sites is 8. The van der Waals surface area contributed by atoms with Crippen LogP contribution in [-0.2, 0) is 0 Å². The van der Waals surface area contributed by atoms with E-state index in [1.165, 1.54) is 54.4 Å². The average molecular weight is 1310 g/mol. The molecule has 23 aromatic rings. The highest BCUT2D eigenvalue weighted by atomic mass is 16.3. The Kier molecular flexibility index (Phi) is 12.0. The molecule has 0 spiro atoms. The molecule has 0 radical (unpaired) electrons. The predicted molar refractivity (Wildman–Crippen MR) is 421 cm³/mol. The fourth-order valence-electron chi connectivity index (χ4n) is 16.4. The molecule has 0 amide bonds. The van der Waals surface area contributed by atoms with E-state index in [-0.39, 0.29) is 0 Å². The van der Waals surface area contributed by atoms with Gasteiger partial charge in [-0.05, 0) is 185 Å². The summed E-state index contributed by atoms with van der Waals surface area (Å²) in [5.41, 5.74) is 25.4. The summed E-state index contributed by atoms with van der Waals surface area (Å²) in [6.45, 7) is 0. The van der Waals surface area contributed by atoms with Crippen molar-refractivity contribution in [2.24, 2.45) is 0 Å². The van der Waals surface area contributed by atoms with Crippen molar-refractivity contribution in [2.75, 3.05) is 0 Å². The minimum Gasteiger partial charge on any atom is -0.456 e. The van der Waals surface area contributed by atoms with Crippen LogP contribution in [0.2, 0.25) is 0 Å². The van der Waals surface area contributed by atoms with Crippen LogP contribution in [0.15, 0.2) is 357 Å². The standard InChI is InChI=1S/C50H30N2O2.C44H26N2O2/c1-2-10-35(11-3-1)52-45-25-20-33(30-42(45)49-39-14-6-9-17-46(39)54-50(49)52)34-22-27-48-41(29-34)40-28-32(21-26-47(40)53-48)31-18-23-36(24-19-31)51-43-15-7-4-12-37(43)38-13-5-8-16-44(38)51;1-2-10-29(11-3-1)46-39-21-18-27(25-36(39)43-33-14-6-9-17-40(33)48-44(43)46)28-19-22-41-34(24-28)35-26-30(20-23-42(35)47-41)45-37-15-7-4-12-31(37)32-13-5-8-16-38(32)45/h1-30H;1-26H. The summed E-state index contributed by atoms with van der Waals surface area (Å²) in [4.78, 5) is 0. The number of hydrogen-bond donors (Lipinski definition) is 0. The Morgan fingerprint density at radius 1 is 0.157 bits per heavy atom. The second-order valence-corrected chi connectivity index (χ2v) is 26.7. The summed E-state index contributed by atoms with van der Waals surface area (Å²) in [5.74, 6) is 0. The molecule has 0 aliphatic rings. The van der Waals surface area contributed by atoms with Gasteiger partial charge in [-0.25, -0.2) is 0 Å². The maximum Gasteiger partial charge on any atom is 0.213 e. The van der Waals surface area contributed by atoms with Gasteiger partial charge in [0.25, 0.3) is 0 Å². The highest BCUT2D eigenvalue weighted by molar-refractivity contribution is 6.23. The van der Waals surface area contributed by atoms with Gasteiger partial charge in [0.1, 0.15) is 33.5 Å². The third kappa shape index (κ3) is 8.44. The van der Waals surface area contributed by atoms with Gasteiger partial charge in [-0.1, -0.05) is 188 Å². The Labute approximate surface area is 581 Å².